The summed E-state index contributed by atoms with van der Waals surface area (Å²) < 4.78 is 0. The molecule has 0 nitrogen and oxygen atoms in total. The molecule has 2 heteroatoms. The highest BCUT2D eigenvalue weighted by atomic mass is 31.0. The molecule has 5 heavy (non-hydrogen) atoms. The lowest BCUT2D eigenvalue weighted by atomic mass is 10.0. The van der Waals surface area contributed by atoms with Crippen LogP contribution in [0.4, 0.5) is 0 Å². The predicted molar refractivity (Wildman–Crippen MR) is 28.4 cm³/mol. The first-order chi connectivity index (χ1) is 2.43. The van der Waals surface area contributed by atoms with Crippen molar-refractivity contribution < 1.29 is 0 Å². The first kappa shape index (κ1) is 3.68. The summed E-state index contributed by atoms with van der Waals surface area (Å²) in [6, 6.07) is 0. The highest BCUT2D eigenvalue weighted by molar-refractivity contribution is 7.56. The van der Waals surface area contributed by atoms with Crippen LogP contribution >= 0.6 is 9.12 Å². The zero-order valence-corrected chi connectivity index (χ0v) is 4.30. The molecule has 1 unspecified atom stereocenters. The zero-order valence-electron chi connectivity index (χ0n) is 3.15. The first-order valence-corrected chi connectivity index (χ1v) is 2.65. The Bertz CT molecular complexity index is 33.9. The molecule has 1 atom stereocenters. The second-order valence-corrected chi connectivity index (χ2v) is 1.91. The summed E-state index contributed by atoms with van der Waals surface area (Å²) in [5, 5.41) is 0. The minimum atomic E-state index is 0.972. The van der Waals surface area contributed by atoms with E-state index in [9.17, 15) is 0 Å². The van der Waals surface area contributed by atoms with Gasteiger partial charge in [0, 0.05) is 0 Å². The average molecular weight is 84.9 g/mol. The molecule has 27 valence electrons. The summed E-state index contributed by atoms with van der Waals surface area (Å²) in [6.45, 7) is 2.19. The van der Waals surface area contributed by atoms with Crippen LogP contribution in [-0.4, -0.2) is 7.00 Å². The molecule has 0 saturated heterocycles. The van der Waals surface area contributed by atoms with E-state index in [1.807, 2.05) is 0 Å². The van der Waals surface area contributed by atoms with Crippen LogP contribution in [0.5, 0.6) is 0 Å². The second-order valence-electron chi connectivity index (χ2n) is 1.53. The zero-order chi connectivity index (χ0) is 3.70. The van der Waals surface area contributed by atoms with Crippen LogP contribution in [0.1, 0.15) is 12.8 Å². The van der Waals surface area contributed by atoms with E-state index in [0.29, 0.717) is 0 Å². The molecule has 0 aromatic heterocycles. The molecule has 1 saturated carbocycles. The van der Waals surface area contributed by atoms with Gasteiger partial charge in [0.2, 0.25) is 0 Å². The Labute approximate surface area is 35.7 Å². The molecule has 0 bridgehead atoms. The third-order valence-corrected chi connectivity index (χ3v) is 1.44. The maximum absolute atomic E-state index is 2.63. The number of hydrogen-bond donors (Lipinski definition) is 0. The maximum Gasteiger partial charge on any atom is 0.141 e. The largest absolute Gasteiger partial charge is 0.178 e. The molecule has 1 rings (SSSR count). The molecule has 1 radical (unpaired) electrons. The van der Waals surface area contributed by atoms with Crippen LogP contribution < -0.4 is 0 Å². The summed E-state index contributed by atoms with van der Waals surface area (Å²) >= 11 is 0. The van der Waals surface area contributed by atoms with Crippen molar-refractivity contribution in [3.63, 3.8) is 0 Å². The van der Waals surface area contributed by atoms with Gasteiger partial charge in [0.25, 0.3) is 0 Å². The standard InChI is InChI=1S/C3H7BP/c5-4-3-1-2-3/h3H,1-2,5H2. The molecule has 0 aromatic rings. The summed E-state index contributed by atoms with van der Waals surface area (Å²) in [5.41, 5.74) is 0. The van der Waals surface area contributed by atoms with Gasteiger partial charge in [0.05, 0.1) is 0 Å². The first-order valence-electron chi connectivity index (χ1n) is 1.98. The lowest BCUT2D eigenvalue weighted by Crippen LogP contribution is -1.65. The van der Waals surface area contributed by atoms with Crippen molar-refractivity contribution in [2.45, 2.75) is 18.7 Å². The van der Waals surface area contributed by atoms with Gasteiger partial charge in [-0.05, 0) is 0 Å². The molecule has 1 aliphatic carbocycles. The molecule has 1 aliphatic rings. The minimum absolute atomic E-state index is 0.972. The van der Waals surface area contributed by atoms with Crippen LogP contribution in [-0.2, 0) is 0 Å². The van der Waals surface area contributed by atoms with Gasteiger partial charge < -0.3 is 0 Å². The van der Waals surface area contributed by atoms with Gasteiger partial charge in [-0.25, -0.2) is 0 Å². The van der Waals surface area contributed by atoms with Gasteiger partial charge in [0.15, 0.2) is 0 Å². The van der Waals surface area contributed by atoms with Crippen molar-refractivity contribution >= 4 is 16.1 Å². The number of rotatable bonds is 1. The molecule has 0 aliphatic heterocycles. The van der Waals surface area contributed by atoms with Gasteiger partial charge in [-0.3, -0.25) is 0 Å². The molecule has 0 spiro atoms. The average Bonchev–Trinajstić information content (AvgIpc) is 2.12. The second kappa shape index (κ2) is 1.30. The quantitative estimate of drug-likeness (QED) is 0.330. The molecule has 0 heterocycles. The Morgan fingerprint density at radius 2 is 2.20 bits per heavy atom. The van der Waals surface area contributed by atoms with Gasteiger partial charge in [-0.2, -0.15) is 9.12 Å². The van der Waals surface area contributed by atoms with Crippen molar-refractivity contribution in [1.29, 1.82) is 0 Å². The molecule has 1 fully saturated rings. The Kier molecular flexibility index (Phi) is 0.957. The van der Waals surface area contributed by atoms with E-state index in [4.69, 9.17) is 0 Å². The van der Waals surface area contributed by atoms with Gasteiger partial charge in [-0.15, -0.1) is 0 Å². The number of hydrogen-bond acceptors (Lipinski definition) is 0. The fourth-order valence-electron chi connectivity index (χ4n) is 0.289. The fourth-order valence-corrected chi connectivity index (χ4v) is 0.674. The van der Waals surface area contributed by atoms with Crippen molar-refractivity contribution in [2.24, 2.45) is 0 Å². The van der Waals surface area contributed by atoms with Crippen molar-refractivity contribution in [3.8, 4) is 0 Å². The van der Waals surface area contributed by atoms with Crippen LogP contribution in [0.3, 0.4) is 0 Å². The van der Waals surface area contributed by atoms with Gasteiger partial charge in [-0.1, -0.05) is 18.7 Å². The summed E-state index contributed by atoms with van der Waals surface area (Å²) in [6.07, 6.45) is 2.87. The maximum atomic E-state index is 2.63. The lowest BCUT2D eigenvalue weighted by molar-refractivity contribution is 1.47. The van der Waals surface area contributed by atoms with Crippen LogP contribution in [0, 0.1) is 0 Å². The minimum Gasteiger partial charge on any atom is -0.178 e. The molecule has 0 amide bonds. The molecule has 0 N–H and O–H groups in total. The highest BCUT2D eigenvalue weighted by Crippen LogP contribution is 2.35. The third-order valence-electron chi connectivity index (χ3n) is 0.894. The topological polar surface area (TPSA) is 0 Å². The molecular weight excluding hydrogens is 77.8 g/mol. The van der Waals surface area contributed by atoms with Crippen LogP contribution in [0.15, 0.2) is 0 Å². The van der Waals surface area contributed by atoms with Gasteiger partial charge >= 0.3 is 0 Å². The smallest absolute Gasteiger partial charge is 0.141 e. The fraction of sp³-hybridized carbons (Fsp3) is 1.00. The van der Waals surface area contributed by atoms with Crippen LogP contribution in [0.25, 0.3) is 0 Å². The van der Waals surface area contributed by atoms with Gasteiger partial charge in [0.1, 0.15) is 7.00 Å². The van der Waals surface area contributed by atoms with Crippen molar-refractivity contribution in [2.75, 3.05) is 0 Å². The van der Waals surface area contributed by atoms with E-state index in [-0.39, 0.29) is 0 Å². The highest BCUT2D eigenvalue weighted by Gasteiger charge is 2.18. The van der Waals surface area contributed by atoms with E-state index in [0.717, 1.165) is 5.82 Å². The lowest BCUT2D eigenvalue weighted by Gasteiger charge is -1.68. The van der Waals surface area contributed by atoms with E-state index in [1.165, 1.54) is 12.8 Å². The summed E-state index contributed by atoms with van der Waals surface area (Å²) in [4.78, 5) is 0. The SMILES string of the molecule is P[B]C1CC1. The molecule has 0 aromatic carbocycles. The normalized spacial score (nSPS) is 22.6. The Balaban J connectivity index is 2.00. The van der Waals surface area contributed by atoms with Crippen molar-refractivity contribution in [1.82, 2.24) is 0 Å². The Hall–Kier alpha value is 0.495. The third kappa shape index (κ3) is 0.927. The van der Waals surface area contributed by atoms with Crippen LogP contribution in [0.2, 0.25) is 5.82 Å². The summed E-state index contributed by atoms with van der Waals surface area (Å²) in [5.74, 6) is 0.972. The Morgan fingerprint density at radius 1 is 1.60 bits per heavy atom. The molecular formula is C3H7BP. The Morgan fingerprint density at radius 3 is 2.20 bits per heavy atom. The van der Waals surface area contributed by atoms with E-state index < -0.39 is 0 Å². The van der Waals surface area contributed by atoms with Crippen molar-refractivity contribution in [3.05, 3.63) is 0 Å². The van der Waals surface area contributed by atoms with E-state index >= 15 is 0 Å². The monoisotopic (exact) mass is 85.0 g/mol. The van der Waals surface area contributed by atoms with E-state index in [1.54, 1.807) is 0 Å². The predicted octanol–water partition coefficient (Wildman–Crippen LogP) is 1.06. The summed E-state index contributed by atoms with van der Waals surface area (Å²) in [7, 11) is 2.63. The van der Waals surface area contributed by atoms with E-state index in [2.05, 4.69) is 16.1 Å².